The molecule has 16 heavy (non-hydrogen) atoms. The van der Waals surface area contributed by atoms with E-state index in [2.05, 4.69) is 36.3 Å². The first-order valence-corrected chi connectivity index (χ1v) is 6.38. The Hall–Kier alpha value is -1.35. The van der Waals surface area contributed by atoms with Gasteiger partial charge in [0.15, 0.2) is 0 Å². The third-order valence-electron chi connectivity index (χ3n) is 3.25. The van der Waals surface area contributed by atoms with E-state index in [0.29, 0.717) is 0 Å². The summed E-state index contributed by atoms with van der Waals surface area (Å²) in [6, 6.07) is 4.39. The smallest absolute Gasteiger partial charge is 0.0798 e. The number of aryl methyl sites for hydroxylation is 2. The lowest BCUT2D eigenvalue weighted by molar-refractivity contribution is 1.07. The van der Waals surface area contributed by atoms with Crippen molar-refractivity contribution in [3.8, 4) is 0 Å². The molecule has 0 saturated heterocycles. The number of nitrogens with zero attached hydrogens (tertiary/aromatic N) is 1. The summed E-state index contributed by atoms with van der Waals surface area (Å²) in [6.07, 6.45) is 0.967. The number of rotatable bonds is 0. The van der Waals surface area contributed by atoms with Crippen molar-refractivity contribution in [1.29, 1.82) is 0 Å². The van der Waals surface area contributed by atoms with Gasteiger partial charge in [0.25, 0.3) is 0 Å². The van der Waals surface area contributed by atoms with Gasteiger partial charge in [-0.25, -0.2) is 4.98 Å². The van der Waals surface area contributed by atoms with E-state index in [4.69, 9.17) is 0 Å². The number of nitrogens with one attached hydrogen (secondary N) is 1. The zero-order valence-corrected chi connectivity index (χ0v) is 10.3. The highest BCUT2D eigenvalue weighted by Crippen LogP contribution is 2.31. The summed E-state index contributed by atoms with van der Waals surface area (Å²) in [5.74, 6) is 0. The SMILES string of the molecule is Cc1ccc(C)c2c1Cc1ncsc1CN2. The van der Waals surface area contributed by atoms with Crippen LogP contribution >= 0.6 is 11.3 Å². The van der Waals surface area contributed by atoms with Gasteiger partial charge in [-0.1, -0.05) is 12.1 Å². The molecule has 2 nitrogen and oxygen atoms in total. The number of benzene rings is 1. The van der Waals surface area contributed by atoms with E-state index in [9.17, 15) is 0 Å². The molecule has 0 radical (unpaired) electrons. The largest absolute Gasteiger partial charge is 0.380 e. The normalized spacial score (nSPS) is 13.6. The van der Waals surface area contributed by atoms with Crippen LogP contribution in [-0.2, 0) is 13.0 Å². The summed E-state index contributed by atoms with van der Waals surface area (Å²) in [4.78, 5) is 5.84. The summed E-state index contributed by atoms with van der Waals surface area (Å²) in [7, 11) is 0. The quantitative estimate of drug-likeness (QED) is 0.751. The second kappa shape index (κ2) is 3.59. The Bertz CT molecular complexity index is 543. The second-order valence-electron chi connectivity index (χ2n) is 4.31. The molecule has 0 bridgehead atoms. The Morgan fingerprint density at radius 2 is 2.06 bits per heavy atom. The molecule has 0 spiro atoms. The lowest BCUT2D eigenvalue weighted by atomic mass is 9.99. The van der Waals surface area contributed by atoms with Gasteiger partial charge in [-0.2, -0.15) is 0 Å². The molecule has 82 valence electrons. The zero-order valence-electron chi connectivity index (χ0n) is 9.50. The summed E-state index contributed by atoms with van der Waals surface area (Å²) in [6.45, 7) is 5.26. The predicted octanol–water partition coefficient (Wildman–Crippen LogP) is 3.28. The van der Waals surface area contributed by atoms with Gasteiger partial charge < -0.3 is 5.32 Å². The minimum atomic E-state index is 0.914. The van der Waals surface area contributed by atoms with Crippen LogP contribution in [0.4, 0.5) is 5.69 Å². The fraction of sp³-hybridized carbons (Fsp3) is 0.308. The molecule has 3 rings (SSSR count). The maximum Gasteiger partial charge on any atom is 0.0798 e. The van der Waals surface area contributed by atoms with E-state index >= 15 is 0 Å². The predicted molar refractivity (Wildman–Crippen MR) is 68.2 cm³/mol. The number of thiazole rings is 1. The van der Waals surface area contributed by atoms with Crippen molar-refractivity contribution in [2.75, 3.05) is 5.32 Å². The molecule has 0 fully saturated rings. The first-order chi connectivity index (χ1) is 7.75. The van der Waals surface area contributed by atoms with Gasteiger partial charge in [0, 0.05) is 17.0 Å². The molecule has 0 saturated carbocycles. The van der Waals surface area contributed by atoms with Crippen LogP contribution in [0.15, 0.2) is 17.6 Å². The van der Waals surface area contributed by atoms with Crippen LogP contribution < -0.4 is 5.32 Å². The molecule has 1 aliphatic rings. The van der Waals surface area contributed by atoms with Gasteiger partial charge >= 0.3 is 0 Å². The lowest BCUT2D eigenvalue weighted by Gasteiger charge is -2.13. The average Bonchev–Trinajstić information content (AvgIpc) is 2.63. The molecule has 0 unspecified atom stereocenters. The minimum Gasteiger partial charge on any atom is -0.380 e. The highest BCUT2D eigenvalue weighted by atomic mass is 32.1. The van der Waals surface area contributed by atoms with Crippen LogP contribution in [-0.4, -0.2) is 4.98 Å². The first kappa shape index (κ1) is 9.85. The maximum atomic E-state index is 4.46. The van der Waals surface area contributed by atoms with Crippen LogP contribution in [0.3, 0.4) is 0 Å². The average molecular weight is 230 g/mol. The molecule has 1 aliphatic heterocycles. The number of fused-ring (bicyclic) bond motifs is 2. The van der Waals surface area contributed by atoms with Crippen molar-refractivity contribution < 1.29 is 0 Å². The molecule has 1 aromatic carbocycles. The first-order valence-electron chi connectivity index (χ1n) is 5.50. The summed E-state index contributed by atoms with van der Waals surface area (Å²) in [5, 5.41) is 3.55. The van der Waals surface area contributed by atoms with Gasteiger partial charge in [0.2, 0.25) is 0 Å². The third kappa shape index (κ3) is 1.43. The maximum absolute atomic E-state index is 4.46. The van der Waals surface area contributed by atoms with Crippen molar-refractivity contribution in [3.63, 3.8) is 0 Å². The molecular formula is C13H14N2S. The van der Waals surface area contributed by atoms with E-state index in [-0.39, 0.29) is 0 Å². The van der Waals surface area contributed by atoms with Gasteiger partial charge in [-0.05, 0) is 30.5 Å². The van der Waals surface area contributed by atoms with Crippen LogP contribution in [0.2, 0.25) is 0 Å². The van der Waals surface area contributed by atoms with Crippen molar-refractivity contribution >= 4 is 17.0 Å². The Labute approximate surface area is 99.4 Å². The fourth-order valence-electron chi connectivity index (χ4n) is 2.26. The second-order valence-corrected chi connectivity index (χ2v) is 5.24. The Morgan fingerprint density at radius 1 is 1.25 bits per heavy atom. The number of hydrogen-bond donors (Lipinski definition) is 1. The third-order valence-corrected chi connectivity index (χ3v) is 4.13. The molecule has 2 heterocycles. The molecule has 0 atom stereocenters. The molecule has 3 heteroatoms. The van der Waals surface area contributed by atoms with Crippen LogP contribution in [0, 0.1) is 13.8 Å². The highest BCUT2D eigenvalue weighted by molar-refractivity contribution is 7.09. The highest BCUT2D eigenvalue weighted by Gasteiger charge is 2.17. The van der Waals surface area contributed by atoms with Crippen molar-refractivity contribution in [2.45, 2.75) is 26.8 Å². The Balaban J connectivity index is 2.17. The van der Waals surface area contributed by atoms with E-state index in [0.717, 1.165) is 13.0 Å². The van der Waals surface area contributed by atoms with Crippen LogP contribution in [0.1, 0.15) is 27.3 Å². The van der Waals surface area contributed by atoms with Crippen LogP contribution in [0.25, 0.3) is 0 Å². The summed E-state index contributed by atoms with van der Waals surface area (Å²) < 4.78 is 0. The summed E-state index contributed by atoms with van der Waals surface area (Å²) >= 11 is 1.75. The number of aromatic nitrogens is 1. The van der Waals surface area contributed by atoms with Crippen molar-refractivity contribution in [2.24, 2.45) is 0 Å². The molecule has 0 aliphatic carbocycles. The topological polar surface area (TPSA) is 24.9 Å². The monoisotopic (exact) mass is 230 g/mol. The van der Waals surface area contributed by atoms with Gasteiger partial charge in [0.1, 0.15) is 0 Å². The van der Waals surface area contributed by atoms with Gasteiger partial charge in [-0.15, -0.1) is 11.3 Å². The zero-order chi connectivity index (χ0) is 11.1. The fourth-order valence-corrected chi connectivity index (χ4v) is 2.98. The number of anilines is 1. The molecule has 1 aromatic heterocycles. The van der Waals surface area contributed by atoms with Gasteiger partial charge in [0.05, 0.1) is 17.7 Å². The van der Waals surface area contributed by atoms with Crippen LogP contribution in [0.5, 0.6) is 0 Å². The standard InChI is InChI=1S/C13H14N2S/c1-8-3-4-9(2)13-10(8)5-11-12(6-14-13)16-7-15-11/h3-4,7,14H,5-6H2,1-2H3. The Morgan fingerprint density at radius 3 is 2.94 bits per heavy atom. The molecule has 0 amide bonds. The summed E-state index contributed by atoms with van der Waals surface area (Å²) in [5.41, 5.74) is 8.59. The van der Waals surface area contributed by atoms with E-state index in [1.165, 1.54) is 32.9 Å². The number of hydrogen-bond acceptors (Lipinski definition) is 3. The molecule has 2 aromatic rings. The minimum absolute atomic E-state index is 0.914. The molecular weight excluding hydrogens is 216 g/mol. The van der Waals surface area contributed by atoms with Crippen molar-refractivity contribution in [3.05, 3.63) is 44.9 Å². The molecule has 1 N–H and O–H groups in total. The lowest BCUT2D eigenvalue weighted by Crippen LogP contribution is -2.01. The van der Waals surface area contributed by atoms with Gasteiger partial charge in [-0.3, -0.25) is 0 Å². The van der Waals surface area contributed by atoms with E-state index in [1.54, 1.807) is 11.3 Å². The van der Waals surface area contributed by atoms with Crippen molar-refractivity contribution in [1.82, 2.24) is 4.98 Å². The Kier molecular flexibility index (Phi) is 2.21. The van der Waals surface area contributed by atoms with E-state index < -0.39 is 0 Å². The van der Waals surface area contributed by atoms with E-state index in [1.807, 2.05) is 5.51 Å².